The van der Waals surface area contributed by atoms with E-state index in [0.29, 0.717) is 18.9 Å². The number of hydrogen-bond acceptors (Lipinski definition) is 2. The van der Waals surface area contributed by atoms with Crippen molar-refractivity contribution in [2.75, 3.05) is 6.54 Å². The van der Waals surface area contributed by atoms with Crippen LogP contribution in [0, 0.1) is 11.8 Å². The van der Waals surface area contributed by atoms with E-state index in [9.17, 15) is 4.79 Å². The zero-order valence-corrected chi connectivity index (χ0v) is 12.0. The first-order valence-corrected chi connectivity index (χ1v) is 6.80. The molecule has 0 radical (unpaired) electrons. The highest BCUT2D eigenvalue weighted by atomic mass is 79.9. The first-order chi connectivity index (χ1) is 8.04. The standard InChI is InChI=1S/C14H20BrNO/c1-10(2)7-12(9-16)14(17)8-11-5-3-4-6-13(11)15/h3-6,10,12H,7-9,16H2,1-2H3. The molecule has 2 N–H and O–H groups in total. The van der Waals surface area contributed by atoms with Crippen molar-refractivity contribution in [3.05, 3.63) is 34.3 Å². The van der Waals surface area contributed by atoms with Gasteiger partial charge in [0.15, 0.2) is 0 Å². The monoisotopic (exact) mass is 297 g/mol. The van der Waals surface area contributed by atoms with Crippen molar-refractivity contribution in [1.29, 1.82) is 0 Å². The van der Waals surface area contributed by atoms with E-state index in [1.165, 1.54) is 0 Å². The van der Waals surface area contributed by atoms with Crippen molar-refractivity contribution >= 4 is 21.7 Å². The highest BCUT2D eigenvalue weighted by Crippen LogP contribution is 2.20. The number of rotatable bonds is 6. The Kier molecular flexibility index (Phi) is 5.86. The van der Waals surface area contributed by atoms with Crippen LogP contribution in [0.3, 0.4) is 0 Å². The Bertz CT molecular complexity index is 376. The van der Waals surface area contributed by atoms with Gasteiger partial charge < -0.3 is 5.73 Å². The lowest BCUT2D eigenvalue weighted by atomic mass is 9.90. The van der Waals surface area contributed by atoms with Gasteiger partial charge in [0.05, 0.1) is 0 Å². The maximum absolute atomic E-state index is 12.1. The zero-order chi connectivity index (χ0) is 12.8. The van der Waals surface area contributed by atoms with Crippen LogP contribution >= 0.6 is 15.9 Å². The number of nitrogens with two attached hydrogens (primary N) is 1. The van der Waals surface area contributed by atoms with E-state index in [0.717, 1.165) is 16.5 Å². The van der Waals surface area contributed by atoms with Crippen molar-refractivity contribution in [2.45, 2.75) is 26.7 Å². The van der Waals surface area contributed by atoms with E-state index >= 15 is 0 Å². The Hall–Kier alpha value is -0.670. The highest BCUT2D eigenvalue weighted by Gasteiger charge is 2.18. The summed E-state index contributed by atoms with van der Waals surface area (Å²) in [5.41, 5.74) is 6.72. The quantitative estimate of drug-likeness (QED) is 0.876. The third kappa shape index (κ3) is 4.60. The number of hydrogen-bond donors (Lipinski definition) is 1. The molecule has 0 fully saturated rings. The molecule has 17 heavy (non-hydrogen) atoms. The summed E-state index contributed by atoms with van der Waals surface area (Å²) in [5, 5.41) is 0. The van der Waals surface area contributed by atoms with E-state index < -0.39 is 0 Å². The highest BCUT2D eigenvalue weighted by molar-refractivity contribution is 9.10. The molecule has 94 valence electrons. The molecule has 1 unspecified atom stereocenters. The fraction of sp³-hybridized carbons (Fsp3) is 0.500. The molecule has 0 aliphatic carbocycles. The second kappa shape index (κ2) is 6.92. The number of benzene rings is 1. The molecule has 0 saturated heterocycles. The lowest BCUT2D eigenvalue weighted by Crippen LogP contribution is -2.26. The van der Waals surface area contributed by atoms with Crippen LogP contribution in [0.2, 0.25) is 0 Å². The molecule has 1 rings (SSSR count). The number of ketones is 1. The molecule has 0 spiro atoms. The first kappa shape index (κ1) is 14.4. The minimum absolute atomic E-state index is 0.0119. The molecule has 0 heterocycles. The van der Waals surface area contributed by atoms with Crippen LogP contribution in [0.15, 0.2) is 28.7 Å². The Morgan fingerprint density at radius 1 is 1.35 bits per heavy atom. The van der Waals surface area contributed by atoms with Crippen molar-refractivity contribution < 1.29 is 4.79 Å². The smallest absolute Gasteiger partial charge is 0.141 e. The van der Waals surface area contributed by atoms with Crippen LogP contribution < -0.4 is 5.73 Å². The minimum Gasteiger partial charge on any atom is -0.330 e. The van der Waals surface area contributed by atoms with E-state index in [1.54, 1.807) is 0 Å². The van der Waals surface area contributed by atoms with Crippen LogP contribution in [0.4, 0.5) is 0 Å². The lowest BCUT2D eigenvalue weighted by molar-refractivity contribution is -0.122. The Morgan fingerprint density at radius 3 is 2.53 bits per heavy atom. The summed E-state index contributed by atoms with van der Waals surface area (Å²) < 4.78 is 0.994. The van der Waals surface area contributed by atoms with Gasteiger partial charge in [-0.3, -0.25) is 4.79 Å². The summed E-state index contributed by atoms with van der Waals surface area (Å²) in [7, 11) is 0. The van der Waals surface area contributed by atoms with Crippen molar-refractivity contribution in [2.24, 2.45) is 17.6 Å². The van der Waals surface area contributed by atoms with Crippen LogP contribution in [-0.4, -0.2) is 12.3 Å². The number of carbonyl (C=O) groups is 1. The van der Waals surface area contributed by atoms with Gasteiger partial charge >= 0.3 is 0 Å². The zero-order valence-electron chi connectivity index (χ0n) is 10.4. The molecule has 0 bridgehead atoms. The van der Waals surface area contributed by atoms with Gasteiger partial charge in [-0.05, 0) is 24.0 Å². The maximum atomic E-state index is 12.1. The summed E-state index contributed by atoms with van der Waals surface area (Å²) in [5.74, 6) is 0.738. The molecular weight excluding hydrogens is 278 g/mol. The van der Waals surface area contributed by atoms with Crippen LogP contribution in [0.25, 0.3) is 0 Å². The summed E-state index contributed by atoms with van der Waals surface area (Å²) in [4.78, 5) is 12.1. The van der Waals surface area contributed by atoms with Crippen molar-refractivity contribution in [3.8, 4) is 0 Å². The van der Waals surface area contributed by atoms with Gasteiger partial charge in [0.2, 0.25) is 0 Å². The Labute approximate surface area is 112 Å². The molecule has 1 aromatic rings. The topological polar surface area (TPSA) is 43.1 Å². The summed E-state index contributed by atoms with van der Waals surface area (Å²) in [6, 6.07) is 7.84. The average molecular weight is 298 g/mol. The number of carbonyl (C=O) groups excluding carboxylic acids is 1. The molecular formula is C14H20BrNO. The van der Waals surface area contributed by atoms with Gasteiger partial charge in [-0.25, -0.2) is 0 Å². The number of Topliss-reactive ketones (excluding diaryl/α,β-unsaturated/α-hetero) is 1. The molecule has 2 nitrogen and oxygen atoms in total. The van der Waals surface area contributed by atoms with Gasteiger partial charge in [-0.2, -0.15) is 0 Å². The van der Waals surface area contributed by atoms with Crippen molar-refractivity contribution in [1.82, 2.24) is 0 Å². The molecule has 3 heteroatoms. The number of halogens is 1. The second-order valence-electron chi connectivity index (χ2n) is 4.80. The molecule has 1 atom stereocenters. The fourth-order valence-electron chi connectivity index (χ4n) is 1.90. The Morgan fingerprint density at radius 2 is 2.00 bits per heavy atom. The van der Waals surface area contributed by atoms with Crippen LogP contribution in [0.1, 0.15) is 25.8 Å². The molecule has 0 aliphatic rings. The predicted octanol–water partition coefficient (Wildman–Crippen LogP) is 3.18. The van der Waals surface area contributed by atoms with Gasteiger partial charge in [0.25, 0.3) is 0 Å². The normalized spacial score (nSPS) is 12.8. The second-order valence-corrected chi connectivity index (χ2v) is 5.65. The lowest BCUT2D eigenvalue weighted by Gasteiger charge is -2.16. The first-order valence-electron chi connectivity index (χ1n) is 6.00. The van der Waals surface area contributed by atoms with Gasteiger partial charge in [0.1, 0.15) is 5.78 Å². The molecule has 1 aromatic carbocycles. The van der Waals surface area contributed by atoms with Gasteiger partial charge in [0, 0.05) is 23.4 Å². The van der Waals surface area contributed by atoms with E-state index in [1.807, 2.05) is 24.3 Å². The van der Waals surface area contributed by atoms with Crippen LogP contribution in [0.5, 0.6) is 0 Å². The van der Waals surface area contributed by atoms with Gasteiger partial charge in [-0.1, -0.05) is 48.0 Å². The third-order valence-electron chi connectivity index (χ3n) is 2.82. The molecule has 0 amide bonds. The van der Waals surface area contributed by atoms with Gasteiger partial charge in [-0.15, -0.1) is 0 Å². The Balaban J connectivity index is 2.67. The summed E-state index contributed by atoms with van der Waals surface area (Å²) in [6.45, 7) is 4.68. The third-order valence-corrected chi connectivity index (χ3v) is 3.59. The van der Waals surface area contributed by atoms with E-state index in [-0.39, 0.29) is 11.7 Å². The summed E-state index contributed by atoms with van der Waals surface area (Å²) >= 11 is 3.46. The molecule has 0 aromatic heterocycles. The summed E-state index contributed by atoms with van der Waals surface area (Å²) in [6.07, 6.45) is 1.34. The van der Waals surface area contributed by atoms with Crippen molar-refractivity contribution in [3.63, 3.8) is 0 Å². The SMILES string of the molecule is CC(C)CC(CN)C(=O)Cc1ccccc1Br. The largest absolute Gasteiger partial charge is 0.330 e. The van der Waals surface area contributed by atoms with Crippen LogP contribution in [-0.2, 0) is 11.2 Å². The van der Waals surface area contributed by atoms with E-state index in [2.05, 4.69) is 29.8 Å². The maximum Gasteiger partial charge on any atom is 0.141 e. The average Bonchev–Trinajstić information content (AvgIpc) is 2.28. The predicted molar refractivity (Wildman–Crippen MR) is 74.9 cm³/mol. The molecule has 0 aliphatic heterocycles. The fourth-order valence-corrected chi connectivity index (χ4v) is 2.33. The minimum atomic E-state index is -0.0119. The molecule has 0 saturated carbocycles. The van der Waals surface area contributed by atoms with E-state index in [4.69, 9.17) is 5.73 Å².